The first-order chi connectivity index (χ1) is 11.4. The molecule has 0 heterocycles. The third-order valence-electron chi connectivity index (χ3n) is 3.95. The number of carbonyl (C=O) groups excluding carboxylic acids is 1. The quantitative estimate of drug-likeness (QED) is 0.768. The van der Waals surface area contributed by atoms with Crippen molar-refractivity contribution in [3.63, 3.8) is 0 Å². The minimum atomic E-state index is -0.880. The smallest absolute Gasteiger partial charge is 0.327 e. The number of hydrogen-bond acceptors (Lipinski definition) is 3. The monoisotopic (exact) mass is 321 g/mol. The molecule has 0 saturated heterocycles. The summed E-state index contributed by atoms with van der Waals surface area (Å²) < 4.78 is 5.29. The summed E-state index contributed by atoms with van der Waals surface area (Å²) in [6.07, 6.45) is 0.647. The summed E-state index contributed by atoms with van der Waals surface area (Å²) in [5.74, 6) is -1.37. The maximum atomic E-state index is 12.2. The molecular formula is C21H23NO2. The van der Waals surface area contributed by atoms with E-state index in [0.29, 0.717) is 12.0 Å². The normalized spacial score (nSPS) is 12.2. The number of nitrogens with zero attached hydrogens (tertiary/aromatic N) is 1. The maximum absolute atomic E-state index is 12.2. The standard InChI is InChI=1S/C21H23NO2/c1-21(2,3)18-11-9-17(10-12-18)19(15-22)20(23)24-14-13-16-7-5-4-6-8-16/h4-12,19H,13-14H2,1-3H3. The van der Waals surface area contributed by atoms with Gasteiger partial charge in [0.25, 0.3) is 0 Å². The summed E-state index contributed by atoms with van der Waals surface area (Å²) in [5.41, 5.74) is 2.99. The molecule has 0 bridgehead atoms. The van der Waals surface area contributed by atoms with Gasteiger partial charge in [0.05, 0.1) is 12.7 Å². The summed E-state index contributed by atoms with van der Waals surface area (Å²) in [5, 5.41) is 9.34. The molecule has 2 rings (SSSR count). The molecule has 1 unspecified atom stereocenters. The third-order valence-corrected chi connectivity index (χ3v) is 3.95. The fourth-order valence-corrected chi connectivity index (χ4v) is 2.44. The van der Waals surface area contributed by atoms with Crippen LogP contribution < -0.4 is 0 Å². The van der Waals surface area contributed by atoms with Crippen molar-refractivity contribution in [2.24, 2.45) is 0 Å². The first kappa shape index (κ1) is 17.7. The Morgan fingerprint density at radius 1 is 1.08 bits per heavy atom. The van der Waals surface area contributed by atoms with Gasteiger partial charge in [0.1, 0.15) is 0 Å². The van der Waals surface area contributed by atoms with E-state index in [4.69, 9.17) is 4.74 Å². The Labute approximate surface area is 143 Å². The van der Waals surface area contributed by atoms with Crippen molar-refractivity contribution in [3.8, 4) is 6.07 Å². The van der Waals surface area contributed by atoms with Crippen LogP contribution >= 0.6 is 0 Å². The van der Waals surface area contributed by atoms with Crippen molar-refractivity contribution in [2.75, 3.05) is 6.61 Å². The Balaban J connectivity index is 1.97. The van der Waals surface area contributed by atoms with Crippen molar-refractivity contribution in [2.45, 2.75) is 38.5 Å². The zero-order valence-electron chi connectivity index (χ0n) is 14.5. The first-order valence-corrected chi connectivity index (χ1v) is 8.12. The molecular weight excluding hydrogens is 298 g/mol. The fraction of sp³-hybridized carbons (Fsp3) is 0.333. The van der Waals surface area contributed by atoms with Crippen LogP contribution in [0.3, 0.4) is 0 Å². The average Bonchev–Trinajstić information content (AvgIpc) is 2.56. The second-order valence-electron chi connectivity index (χ2n) is 6.84. The van der Waals surface area contributed by atoms with Gasteiger partial charge in [-0.3, -0.25) is 4.79 Å². The van der Waals surface area contributed by atoms with Gasteiger partial charge in [-0.2, -0.15) is 5.26 Å². The van der Waals surface area contributed by atoms with Crippen LogP contribution in [0.1, 0.15) is 43.4 Å². The lowest BCUT2D eigenvalue weighted by Gasteiger charge is -2.19. The number of carbonyl (C=O) groups is 1. The van der Waals surface area contributed by atoms with Crippen LogP contribution in [0.15, 0.2) is 54.6 Å². The molecule has 124 valence electrons. The Hall–Kier alpha value is -2.60. The fourth-order valence-electron chi connectivity index (χ4n) is 2.44. The van der Waals surface area contributed by atoms with E-state index in [1.807, 2.05) is 54.6 Å². The minimum absolute atomic E-state index is 0.0386. The number of ether oxygens (including phenoxy) is 1. The number of hydrogen-bond donors (Lipinski definition) is 0. The highest BCUT2D eigenvalue weighted by atomic mass is 16.5. The van der Waals surface area contributed by atoms with Crippen molar-refractivity contribution in [3.05, 3.63) is 71.3 Å². The van der Waals surface area contributed by atoms with E-state index in [1.165, 1.54) is 5.56 Å². The molecule has 0 saturated carbocycles. The molecule has 0 fully saturated rings. The summed E-state index contributed by atoms with van der Waals surface area (Å²) in [6, 6.07) is 19.5. The molecule has 0 aromatic heterocycles. The van der Waals surface area contributed by atoms with E-state index in [1.54, 1.807) is 0 Å². The van der Waals surface area contributed by atoms with Gasteiger partial charge in [-0.25, -0.2) is 0 Å². The Morgan fingerprint density at radius 2 is 1.71 bits per heavy atom. The molecule has 0 aliphatic rings. The molecule has 0 amide bonds. The largest absolute Gasteiger partial charge is 0.464 e. The van der Waals surface area contributed by atoms with Crippen LogP contribution in [0.5, 0.6) is 0 Å². The van der Waals surface area contributed by atoms with Crippen LogP contribution in [-0.2, 0) is 21.4 Å². The van der Waals surface area contributed by atoms with Gasteiger partial charge < -0.3 is 4.74 Å². The molecule has 0 spiro atoms. The first-order valence-electron chi connectivity index (χ1n) is 8.12. The van der Waals surface area contributed by atoms with E-state index in [9.17, 15) is 10.1 Å². The van der Waals surface area contributed by atoms with Crippen LogP contribution in [0.25, 0.3) is 0 Å². The highest BCUT2D eigenvalue weighted by Crippen LogP contribution is 2.25. The van der Waals surface area contributed by atoms with Crippen LogP contribution in [0.2, 0.25) is 0 Å². The highest BCUT2D eigenvalue weighted by Gasteiger charge is 2.22. The molecule has 0 aliphatic carbocycles. The topological polar surface area (TPSA) is 50.1 Å². The predicted molar refractivity (Wildman–Crippen MR) is 94.6 cm³/mol. The summed E-state index contributed by atoms with van der Waals surface area (Å²) in [4.78, 5) is 12.2. The second kappa shape index (κ2) is 7.79. The highest BCUT2D eigenvalue weighted by molar-refractivity contribution is 5.81. The van der Waals surface area contributed by atoms with Crippen molar-refractivity contribution in [1.29, 1.82) is 5.26 Å². The van der Waals surface area contributed by atoms with E-state index < -0.39 is 11.9 Å². The lowest BCUT2D eigenvalue weighted by molar-refractivity contribution is -0.143. The van der Waals surface area contributed by atoms with Gasteiger partial charge in [-0.1, -0.05) is 75.4 Å². The molecule has 0 N–H and O–H groups in total. The zero-order chi connectivity index (χ0) is 17.6. The molecule has 1 atom stereocenters. The summed E-state index contributed by atoms with van der Waals surface area (Å²) in [6.45, 7) is 6.66. The number of benzene rings is 2. The Kier molecular flexibility index (Phi) is 5.76. The van der Waals surface area contributed by atoms with Gasteiger partial charge in [-0.05, 0) is 22.1 Å². The molecule has 3 heteroatoms. The zero-order valence-corrected chi connectivity index (χ0v) is 14.5. The summed E-state index contributed by atoms with van der Waals surface area (Å²) >= 11 is 0. The second-order valence-corrected chi connectivity index (χ2v) is 6.84. The average molecular weight is 321 g/mol. The molecule has 24 heavy (non-hydrogen) atoms. The molecule has 2 aromatic rings. The van der Waals surface area contributed by atoms with Gasteiger partial charge in [0.2, 0.25) is 0 Å². The molecule has 2 aromatic carbocycles. The molecule has 0 aliphatic heterocycles. The van der Waals surface area contributed by atoms with Crippen molar-refractivity contribution in [1.82, 2.24) is 0 Å². The van der Waals surface area contributed by atoms with Gasteiger partial charge in [0, 0.05) is 6.42 Å². The van der Waals surface area contributed by atoms with E-state index >= 15 is 0 Å². The minimum Gasteiger partial charge on any atom is -0.464 e. The maximum Gasteiger partial charge on any atom is 0.327 e. The van der Waals surface area contributed by atoms with Gasteiger partial charge in [0.15, 0.2) is 5.92 Å². The van der Waals surface area contributed by atoms with Crippen LogP contribution in [-0.4, -0.2) is 12.6 Å². The van der Waals surface area contributed by atoms with E-state index in [2.05, 4.69) is 26.8 Å². The van der Waals surface area contributed by atoms with E-state index in [0.717, 1.165) is 5.56 Å². The van der Waals surface area contributed by atoms with Crippen LogP contribution in [0, 0.1) is 11.3 Å². The SMILES string of the molecule is CC(C)(C)c1ccc(C(C#N)C(=O)OCCc2ccccc2)cc1. The van der Waals surface area contributed by atoms with Gasteiger partial charge in [-0.15, -0.1) is 0 Å². The van der Waals surface area contributed by atoms with E-state index in [-0.39, 0.29) is 12.0 Å². The van der Waals surface area contributed by atoms with Crippen molar-refractivity contribution < 1.29 is 9.53 Å². The lowest BCUT2D eigenvalue weighted by Crippen LogP contribution is -2.17. The number of rotatable bonds is 5. The third kappa shape index (κ3) is 4.70. The van der Waals surface area contributed by atoms with Gasteiger partial charge >= 0.3 is 5.97 Å². The Bertz CT molecular complexity index is 706. The molecule has 0 radical (unpaired) electrons. The Morgan fingerprint density at radius 3 is 2.25 bits per heavy atom. The molecule has 3 nitrogen and oxygen atoms in total. The summed E-state index contributed by atoms with van der Waals surface area (Å²) in [7, 11) is 0. The predicted octanol–water partition coefficient (Wildman–Crippen LogP) is 4.38. The van der Waals surface area contributed by atoms with Crippen molar-refractivity contribution >= 4 is 5.97 Å². The lowest BCUT2D eigenvalue weighted by atomic mass is 9.86. The number of esters is 1. The van der Waals surface area contributed by atoms with Crippen LogP contribution in [0.4, 0.5) is 0 Å². The number of nitriles is 1.